The Morgan fingerprint density at radius 1 is 0.983 bits per heavy atom. The Morgan fingerprint density at radius 3 is 2.14 bits per heavy atom. The van der Waals surface area contributed by atoms with Gasteiger partial charge in [-0.1, -0.05) is 62.4 Å². The van der Waals surface area contributed by atoms with Gasteiger partial charge in [0, 0.05) is 25.2 Å². The molecule has 15 heteroatoms. The van der Waals surface area contributed by atoms with Gasteiger partial charge in [0.25, 0.3) is 0 Å². The van der Waals surface area contributed by atoms with Crippen LogP contribution in [0.3, 0.4) is 0 Å². The van der Waals surface area contributed by atoms with E-state index in [1.54, 1.807) is 83.1 Å². The van der Waals surface area contributed by atoms with Crippen LogP contribution in [-0.4, -0.2) is 110 Å². The highest BCUT2D eigenvalue weighted by Crippen LogP contribution is 2.65. The molecule has 15 nitrogen and oxygen atoms in total. The highest BCUT2D eigenvalue weighted by Gasteiger charge is 2.78. The van der Waals surface area contributed by atoms with Crippen molar-refractivity contribution in [3.63, 3.8) is 0 Å². The molecule has 5 N–H and O–H groups in total. The van der Waals surface area contributed by atoms with Gasteiger partial charge in [-0.3, -0.25) is 9.59 Å². The van der Waals surface area contributed by atoms with Gasteiger partial charge in [0.05, 0.1) is 35.6 Å². The Hall–Kier alpha value is -4.67. The van der Waals surface area contributed by atoms with Crippen LogP contribution in [0.4, 0.5) is 4.79 Å². The van der Waals surface area contributed by atoms with Crippen molar-refractivity contribution in [3.8, 4) is 0 Å². The van der Waals surface area contributed by atoms with Crippen molar-refractivity contribution in [2.75, 3.05) is 6.61 Å². The molecule has 1 heterocycles. The van der Waals surface area contributed by atoms with Crippen LogP contribution in [0.2, 0.25) is 0 Å². The molecule has 320 valence electrons. The van der Waals surface area contributed by atoms with Crippen LogP contribution in [-0.2, 0) is 38.1 Å². The zero-order valence-corrected chi connectivity index (χ0v) is 34.6. The summed E-state index contributed by atoms with van der Waals surface area (Å²) in [6, 6.07) is 14.7. The van der Waals surface area contributed by atoms with E-state index in [1.165, 1.54) is 26.0 Å². The van der Waals surface area contributed by atoms with Crippen molar-refractivity contribution in [2.24, 2.45) is 16.7 Å². The number of carbonyl (C=O) groups is 5. The molecular formula is C44H55NO14. The minimum Gasteiger partial charge on any atom is -0.456 e. The molecule has 0 aromatic heterocycles. The molecule has 3 fully saturated rings. The number of Topliss-reactive ketones (excluding diaryl/α,β-unsaturated/α-hetero) is 1. The van der Waals surface area contributed by atoms with E-state index in [2.05, 4.69) is 5.32 Å². The Kier molecular flexibility index (Phi) is 11.7. The Morgan fingerprint density at radius 2 is 1.59 bits per heavy atom. The molecule has 2 saturated carbocycles. The van der Waals surface area contributed by atoms with E-state index in [1.807, 2.05) is 0 Å². The maximum Gasteiger partial charge on any atom is 0.408 e. The van der Waals surface area contributed by atoms with Crippen LogP contribution in [0, 0.1) is 16.7 Å². The smallest absolute Gasteiger partial charge is 0.408 e. The highest BCUT2D eigenvalue weighted by molar-refractivity contribution is 5.94. The van der Waals surface area contributed by atoms with E-state index in [0.717, 1.165) is 6.92 Å². The summed E-state index contributed by atoms with van der Waals surface area (Å²) in [5, 5.41) is 52.0. The first-order chi connectivity index (χ1) is 27.6. The Balaban J connectivity index is 1.51. The number of aliphatic hydroxyl groups is 4. The van der Waals surface area contributed by atoms with E-state index in [0.29, 0.717) is 5.56 Å². The number of alkyl carbamates (subject to hydrolysis) is 1. The molecule has 0 radical (unpaired) electrons. The summed E-state index contributed by atoms with van der Waals surface area (Å²) in [5.41, 5.74) is -8.03. The van der Waals surface area contributed by atoms with Crippen molar-refractivity contribution < 1.29 is 68.1 Å². The van der Waals surface area contributed by atoms with E-state index >= 15 is 4.79 Å². The maximum absolute atomic E-state index is 15.1. The summed E-state index contributed by atoms with van der Waals surface area (Å²) in [4.78, 5) is 69.3. The second-order valence-electron chi connectivity index (χ2n) is 17.6. The van der Waals surface area contributed by atoms with E-state index in [9.17, 15) is 39.6 Å². The van der Waals surface area contributed by atoms with Crippen molar-refractivity contribution in [2.45, 2.75) is 134 Å². The average molecular weight is 822 g/mol. The van der Waals surface area contributed by atoms with Crippen LogP contribution >= 0.6 is 0 Å². The summed E-state index contributed by atoms with van der Waals surface area (Å²) in [6.07, 6.45) is -11.4. The van der Waals surface area contributed by atoms with Gasteiger partial charge in [-0.2, -0.15) is 0 Å². The third kappa shape index (κ3) is 7.34. The number of esters is 3. The number of carbonyl (C=O) groups excluding carboxylic acids is 5. The lowest BCUT2D eigenvalue weighted by atomic mass is 9.44. The number of fused-ring (bicyclic) bond motifs is 5. The second kappa shape index (κ2) is 15.7. The van der Waals surface area contributed by atoms with Crippen molar-refractivity contribution in [1.29, 1.82) is 0 Å². The number of nitrogens with one attached hydrogen (secondary N) is 1. The molecule has 0 spiro atoms. The molecule has 59 heavy (non-hydrogen) atoms. The SMILES string of the molecule is CC[C@@]1(C)C2=C(C)[C@@H](OC(=O)[C@H](O)[C@@H](NC(=O)OC(C)(C)C)c3ccccc3)C[C@@]1(O)[C@@H](OC(=O)c1ccccc1)[C@@H]1[C@]3(OC(C)=O)CO[C@@H]3C[C@H](O)[C@@]1(C)C(=O)[C@@H]2O. The number of amides is 1. The molecule has 2 bridgehead atoms. The average Bonchev–Trinajstić information content (AvgIpc) is 3.17. The first kappa shape index (κ1) is 43.9. The summed E-state index contributed by atoms with van der Waals surface area (Å²) in [6.45, 7) is 12.1. The van der Waals surface area contributed by atoms with Crippen molar-refractivity contribution in [3.05, 3.63) is 82.9 Å². The summed E-state index contributed by atoms with van der Waals surface area (Å²) < 4.78 is 29.7. The molecule has 4 aliphatic rings. The van der Waals surface area contributed by atoms with Gasteiger partial charge in [-0.05, 0) is 69.9 Å². The molecule has 1 aliphatic heterocycles. The van der Waals surface area contributed by atoms with Crippen molar-refractivity contribution in [1.82, 2.24) is 5.32 Å². The fourth-order valence-electron chi connectivity index (χ4n) is 9.89. The van der Waals surface area contributed by atoms with Gasteiger partial charge in [-0.25, -0.2) is 14.4 Å². The molecule has 2 aromatic rings. The van der Waals surface area contributed by atoms with E-state index < -0.39 is 112 Å². The minimum atomic E-state index is -2.34. The predicted molar refractivity (Wildman–Crippen MR) is 208 cm³/mol. The summed E-state index contributed by atoms with van der Waals surface area (Å²) in [5.74, 6) is -5.34. The van der Waals surface area contributed by atoms with Crippen LogP contribution in [0.5, 0.6) is 0 Å². The molecule has 12 atom stereocenters. The van der Waals surface area contributed by atoms with Gasteiger partial charge in [-0.15, -0.1) is 0 Å². The lowest BCUT2D eigenvalue weighted by Crippen LogP contribution is -2.82. The highest BCUT2D eigenvalue weighted by atomic mass is 16.6. The minimum absolute atomic E-state index is 0.0290. The fourth-order valence-corrected chi connectivity index (χ4v) is 9.89. The van der Waals surface area contributed by atoms with Crippen LogP contribution < -0.4 is 5.32 Å². The Bertz CT molecular complexity index is 2000. The molecule has 3 aliphatic carbocycles. The van der Waals surface area contributed by atoms with Gasteiger partial charge < -0.3 is 49.4 Å². The standard InChI is InChI=1S/C44H55NO14/c1-9-41(7)30-23(2)27(56-38(52)33(49)31(25-16-12-10-13-17-25)45-39(53)59-40(4,5)6)21-44(41,54)36(57-37(51)26-18-14-11-15-19-26)34-42(8,35(50)32(30)48)28(47)20-29-43(34,22-55-29)58-24(3)46/h10-19,27-29,31-34,36,47-49,54H,9,20-22H2,1-8H3,(H,45,53)/t27-,28-,29+,31-,32+,33+,34-,36-,41-,42+,43-,44+/m0/s1. The maximum atomic E-state index is 15.1. The quantitative estimate of drug-likeness (QED) is 0.138. The van der Waals surface area contributed by atoms with Gasteiger partial charge in [0.15, 0.2) is 17.5 Å². The monoisotopic (exact) mass is 821 g/mol. The van der Waals surface area contributed by atoms with Gasteiger partial charge in [0.1, 0.15) is 35.6 Å². The fraction of sp³-hybridized carbons (Fsp3) is 0.568. The van der Waals surface area contributed by atoms with Crippen LogP contribution in [0.1, 0.15) is 96.6 Å². The van der Waals surface area contributed by atoms with E-state index in [4.69, 9.17) is 23.7 Å². The lowest BCUT2D eigenvalue weighted by Gasteiger charge is -2.67. The first-order valence-corrected chi connectivity index (χ1v) is 19.9. The van der Waals surface area contributed by atoms with Gasteiger partial charge in [0.2, 0.25) is 0 Å². The number of hydrogen-bond donors (Lipinski definition) is 5. The number of aliphatic hydroxyl groups excluding tert-OH is 3. The number of ether oxygens (including phenoxy) is 5. The summed E-state index contributed by atoms with van der Waals surface area (Å²) >= 11 is 0. The first-order valence-electron chi connectivity index (χ1n) is 19.9. The summed E-state index contributed by atoms with van der Waals surface area (Å²) in [7, 11) is 0. The topological polar surface area (TPSA) is 224 Å². The zero-order valence-electron chi connectivity index (χ0n) is 34.6. The number of ketones is 1. The second-order valence-corrected chi connectivity index (χ2v) is 17.6. The molecule has 6 rings (SSSR count). The van der Waals surface area contributed by atoms with E-state index in [-0.39, 0.29) is 36.2 Å². The largest absolute Gasteiger partial charge is 0.456 e. The number of rotatable bonds is 9. The molecule has 0 unspecified atom stereocenters. The molecular weight excluding hydrogens is 766 g/mol. The third-order valence-corrected chi connectivity index (χ3v) is 13.1. The molecule has 1 amide bonds. The number of benzene rings is 2. The molecule has 2 aromatic carbocycles. The zero-order chi connectivity index (χ0) is 43.5. The van der Waals surface area contributed by atoms with Crippen LogP contribution in [0.25, 0.3) is 0 Å². The van der Waals surface area contributed by atoms with Crippen molar-refractivity contribution >= 4 is 29.8 Å². The lowest BCUT2D eigenvalue weighted by molar-refractivity contribution is -0.346. The third-order valence-electron chi connectivity index (χ3n) is 13.1. The predicted octanol–water partition coefficient (Wildman–Crippen LogP) is 3.65. The Labute approximate surface area is 343 Å². The van der Waals surface area contributed by atoms with Crippen LogP contribution in [0.15, 0.2) is 71.8 Å². The number of hydrogen-bond acceptors (Lipinski definition) is 14. The normalized spacial score (nSPS) is 34.9. The molecule has 1 saturated heterocycles. The van der Waals surface area contributed by atoms with Gasteiger partial charge >= 0.3 is 24.0 Å².